The van der Waals surface area contributed by atoms with Crippen LogP contribution >= 0.6 is 12.4 Å². The van der Waals surface area contributed by atoms with E-state index < -0.39 is 17.0 Å². The van der Waals surface area contributed by atoms with E-state index in [2.05, 4.69) is 5.32 Å². The molecule has 1 aromatic rings. The Bertz CT molecular complexity index is 459. The first-order valence-electron chi connectivity index (χ1n) is 6.11. The van der Waals surface area contributed by atoms with Gasteiger partial charge < -0.3 is 15.8 Å². The van der Waals surface area contributed by atoms with Crippen LogP contribution in [0.2, 0.25) is 0 Å². The molecule has 4 nitrogen and oxygen atoms in total. The molecule has 0 spiro atoms. The molecule has 0 saturated carbocycles. The fourth-order valence-corrected chi connectivity index (χ4v) is 2.18. The Morgan fingerprint density at radius 2 is 1.80 bits per heavy atom. The first-order chi connectivity index (χ1) is 9.05. The van der Waals surface area contributed by atoms with E-state index in [1.165, 1.54) is 0 Å². The topological polar surface area (TPSA) is 64.4 Å². The Morgan fingerprint density at radius 3 is 2.30 bits per heavy atom. The quantitative estimate of drug-likeness (QED) is 0.898. The van der Waals surface area contributed by atoms with Crippen LogP contribution in [-0.4, -0.2) is 25.7 Å². The summed E-state index contributed by atoms with van der Waals surface area (Å²) < 4.78 is 31.3. The molecule has 0 aliphatic carbocycles. The van der Waals surface area contributed by atoms with E-state index in [1.807, 2.05) is 0 Å². The number of hydrogen-bond acceptors (Lipinski definition) is 3. The third-order valence-corrected chi connectivity index (χ3v) is 3.44. The number of carbonyl (C=O) groups excluding carboxylic acids is 1. The minimum atomic E-state index is -0.732. The van der Waals surface area contributed by atoms with Crippen LogP contribution < -0.4 is 11.1 Å². The van der Waals surface area contributed by atoms with Crippen molar-refractivity contribution in [3.05, 3.63) is 29.8 Å². The lowest BCUT2D eigenvalue weighted by molar-refractivity contribution is -0.130. The molecule has 20 heavy (non-hydrogen) atoms. The van der Waals surface area contributed by atoms with Crippen molar-refractivity contribution in [2.24, 2.45) is 11.1 Å². The molecule has 0 aromatic heterocycles. The summed E-state index contributed by atoms with van der Waals surface area (Å²) in [4.78, 5) is 12.3. The highest BCUT2D eigenvalue weighted by Crippen LogP contribution is 2.31. The summed E-state index contributed by atoms with van der Waals surface area (Å²) in [6.07, 6.45) is 1.01. The minimum Gasteiger partial charge on any atom is -0.381 e. The molecule has 1 heterocycles. The van der Waals surface area contributed by atoms with Crippen LogP contribution in [0.5, 0.6) is 0 Å². The van der Waals surface area contributed by atoms with Crippen LogP contribution in [0, 0.1) is 17.0 Å². The molecule has 1 amide bonds. The number of carbonyl (C=O) groups is 1. The van der Waals surface area contributed by atoms with Gasteiger partial charge in [-0.2, -0.15) is 0 Å². The smallest absolute Gasteiger partial charge is 0.232 e. The molecular formula is C13H17ClF2N2O2. The maximum absolute atomic E-state index is 13.1. The summed E-state index contributed by atoms with van der Waals surface area (Å²) in [5.74, 6) is -1.78. The summed E-state index contributed by atoms with van der Waals surface area (Å²) in [6, 6.07) is 2.90. The van der Waals surface area contributed by atoms with E-state index in [1.54, 1.807) is 0 Å². The zero-order valence-corrected chi connectivity index (χ0v) is 11.6. The summed E-state index contributed by atoms with van der Waals surface area (Å²) in [5.41, 5.74) is 5.07. The molecule has 1 aliphatic rings. The van der Waals surface area contributed by atoms with Crippen molar-refractivity contribution in [3.8, 4) is 0 Å². The van der Waals surface area contributed by atoms with Gasteiger partial charge in [-0.25, -0.2) is 8.78 Å². The Balaban J connectivity index is 0.00000200. The first kappa shape index (κ1) is 16.8. The molecule has 0 bridgehead atoms. The van der Waals surface area contributed by atoms with Crippen molar-refractivity contribution in [3.63, 3.8) is 0 Å². The van der Waals surface area contributed by atoms with Gasteiger partial charge in [0.25, 0.3) is 0 Å². The van der Waals surface area contributed by atoms with Gasteiger partial charge >= 0.3 is 0 Å². The van der Waals surface area contributed by atoms with Crippen LogP contribution in [0.15, 0.2) is 18.2 Å². The van der Waals surface area contributed by atoms with Crippen LogP contribution in [0.25, 0.3) is 0 Å². The number of benzene rings is 1. The van der Waals surface area contributed by atoms with Gasteiger partial charge in [-0.05, 0) is 25.0 Å². The highest BCUT2D eigenvalue weighted by molar-refractivity contribution is 5.95. The summed E-state index contributed by atoms with van der Waals surface area (Å²) >= 11 is 0. The van der Waals surface area contributed by atoms with E-state index in [0.717, 1.165) is 18.2 Å². The Labute approximate surface area is 122 Å². The van der Waals surface area contributed by atoms with Gasteiger partial charge in [0, 0.05) is 31.5 Å². The second-order valence-electron chi connectivity index (χ2n) is 4.71. The van der Waals surface area contributed by atoms with E-state index in [4.69, 9.17) is 10.5 Å². The van der Waals surface area contributed by atoms with Gasteiger partial charge in [0.15, 0.2) is 0 Å². The average Bonchev–Trinajstić information content (AvgIpc) is 2.38. The molecule has 7 heteroatoms. The molecule has 3 N–H and O–H groups in total. The fraction of sp³-hybridized carbons (Fsp3) is 0.462. The SMILES string of the molecule is Cl.NCC1(C(=O)Nc2cc(F)cc(F)c2)CCOCC1. The molecule has 0 atom stereocenters. The van der Waals surface area contributed by atoms with Crippen LogP contribution in [0.3, 0.4) is 0 Å². The first-order valence-corrected chi connectivity index (χ1v) is 6.11. The maximum atomic E-state index is 13.1. The van der Waals surface area contributed by atoms with Gasteiger partial charge in [0.2, 0.25) is 5.91 Å². The molecule has 0 radical (unpaired) electrons. The maximum Gasteiger partial charge on any atom is 0.232 e. The van der Waals surface area contributed by atoms with Crippen molar-refractivity contribution >= 4 is 24.0 Å². The predicted octanol–water partition coefficient (Wildman–Crippen LogP) is 2.08. The van der Waals surface area contributed by atoms with Crippen molar-refractivity contribution in [1.82, 2.24) is 0 Å². The van der Waals surface area contributed by atoms with Crippen molar-refractivity contribution < 1.29 is 18.3 Å². The number of amides is 1. The number of nitrogens with two attached hydrogens (primary N) is 1. The van der Waals surface area contributed by atoms with Crippen molar-refractivity contribution in [1.29, 1.82) is 0 Å². The molecule has 1 aliphatic heterocycles. The normalized spacial score (nSPS) is 17.1. The lowest BCUT2D eigenvalue weighted by atomic mass is 9.79. The third-order valence-electron chi connectivity index (χ3n) is 3.44. The highest BCUT2D eigenvalue weighted by atomic mass is 35.5. The summed E-state index contributed by atoms with van der Waals surface area (Å²) in [5, 5.41) is 2.53. The number of halogens is 3. The number of anilines is 1. The standard InChI is InChI=1S/C13H16F2N2O2.ClH/c14-9-5-10(15)7-11(6-9)17-12(18)13(8-16)1-3-19-4-2-13;/h5-7H,1-4,8,16H2,(H,17,18);1H. The lowest BCUT2D eigenvalue weighted by Gasteiger charge is -2.34. The van der Waals surface area contributed by atoms with Crippen molar-refractivity contribution in [2.75, 3.05) is 25.1 Å². The Hall–Kier alpha value is -1.24. The van der Waals surface area contributed by atoms with Gasteiger partial charge in [-0.1, -0.05) is 0 Å². The van der Waals surface area contributed by atoms with Gasteiger partial charge in [-0.15, -0.1) is 12.4 Å². The number of ether oxygens (including phenoxy) is 1. The Morgan fingerprint density at radius 1 is 1.25 bits per heavy atom. The van der Waals surface area contributed by atoms with Gasteiger partial charge in [-0.3, -0.25) is 4.79 Å². The average molecular weight is 307 g/mol. The molecule has 0 unspecified atom stereocenters. The van der Waals surface area contributed by atoms with Gasteiger partial charge in [0.05, 0.1) is 5.41 Å². The predicted molar refractivity (Wildman–Crippen MR) is 73.8 cm³/mol. The van der Waals surface area contributed by atoms with E-state index in [-0.39, 0.29) is 30.5 Å². The number of nitrogens with one attached hydrogen (secondary N) is 1. The monoisotopic (exact) mass is 306 g/mol. The molecule has 1 saturated heterocycles. The zero-order chi connectivity index (χ0) is 13.9. The van der Waals surface area contributed by atoms with Crippen LogP contribution in [-0.2, 0) is 9.53 Å². The third kappa shape index (κ3) is 3.65. The zero-order valence-electron chi connectivity index (χ0n) is 10.8. The van der Waals surface area contributed by atoms with Crippen LogP contribution in [0.1, 0.15) is 12.8 Å². The summed E-state index contributed by atoms with van der Waals surface area (Å²) in [6.45, 7) is 1.10. The fourth-order valence-electron chi connectivity index (χ4n) is 2.18. The molecule has 112 valence electrons. The number of hydrogen-bond donors (Lipinski definition) is 2. The van der Waals surface area contributed by atoms with E-state index in [0.29, 0.717) is 26.1 Å². The van der Waals surface area contributed by atoms with Crippen LogP contribution in [0.4, 0.5) is 14.5 Å². The highest BCUT2D eigenvalue weighted by Gasteiger charge is 2.38. The second kappa shape index (κ2) is 6.97. The van der Waals surface area contributed by atoms with Crippen molar-refractivity contribution in [2.45, 2.75) is 12.8 Å². The molecule has 1 aromatic carbocycles. The van der Waals surface area contributed by atoms with E-state index in [9.17, 15) is 13.6 Å². The number of rotatable bonds is 3. The lowest BCUT2D eigenvalue weighted by Crippen LogP contribution is -2.46. The molecule has 1 fully saturated rings. The Kier molecular flexibility index (Phi) is 5.86. The largest absolute Gasteiger partial charge is 0.381 e. The van der Waals surface area contributed by atoms with E-state index >= 15 is 0 Å². The summed E-state index contributed by atoms with van der Waals surface area (Å²) in [7, 11) is 0. The molecular weight excluding hydrogens is 290 g/mol. The van der Waals surface area contributed by atoms with Gasteiger partial charge in [0.1, 0.15) is 11.6 Å². The minimum absolute atomic E-state index is 0. The second-order valence-corrected chi connectivity index (χ2v) is 4.71. The molecule has 2 rings (SSSR count).